The monoisotopic (exact) mass is 369 g/mol. The fourth-order valence-corrected chi connectivity index (χ4v) is 3.05. The van der Waals surface area contributed by atoms with E-state index in [1.807, 2.05) is 66.7 Å². The number of fused-ring (bicyclic) bond motifs is 1. The third-order valence-electron chi connectivity index (χ3n) is 4.45. The lowest BCUT2D eigenvalue weighted by Gasteiger charge is -2.12. The van der Waals surface area contributed by atoms with Crippen molar-refractivity contribution in [3.63, 3.8) is 0 Å². The SMILES string of the molecule is COc1ccc(NC(=O)c2ccc(Oc3ccccc3)cc2)c2ccccc12. The lowest BCUT2D eigenvalue weighted by molar-refractivity contribution is 0.102. The number of carbonyl (C=O) groups excluding carboxylic acids is 1. The topological polar surface area (TPSA) is 47.6 Å². The molecule has 0 aromatic heterocycles. The summed E-state index contributed by atoms with van der Waals surface area (Å²) < 4.78 is 11.2. The van der Waals surface area contributed by atoms with Crippen molar-refractivity contribution in [1.29, 1.82) is 0 Å². The van der Waals surface area contributed by atoms with Crippen LogP contribution in [0.15, 0.2) is 91.0 Å². The molecule has 0 aliphatic rings. The molecule has 0 spiro atoms. The summed E-state index contributed by atoms with van der Waals surface area (Å²) in [6, 6.07) is 28.1. The Balaban J connectivity index is 1.53. The number of amides is 1. The Morgan fingerprint density at radius 3 is 2.07 bits per heavy atom. The Labute approximate surface area is 163 Å². The Morgan fingerprint density at radius 1 is 0.714 bits per heavy atom. The Bertz CT molecular complexity index is 1110. The third-order valence-corrected chi connectivity index (χ3v) is 4.45. The maximum absolute atomic E-state index is 12.7. The fourth-order valence-electron chi connectivity index (χ4n) is 3.05. The van der Waals surface area contributed by atoms with Gasteiger partial charge in [0.25, 0.3) is 5.91 Å². The molecule has 0 aliphatic carbocycles. The Morgan fingerprint density at radius 2 is 1.36 bits per heavy atom. The molecule has 138 valence electrons. The van der Waals surface area contributed by atoms with Crippen LogP contribution in [-0.4, -0.2) is 13.0 Å². The minimum Gasteiger partial charge on any atom is -0.496 e. The van der Waals surface area contributed by atoms with Gasteiger partial charge in [-0.15, -0.1) is 0 Å². The van der Waals surface area contributed by atoms with Crippen LogP contribution in [-0.2, 0) is 0 Å². The number of methoxy groups -OCH3 is 1. The van der Waals surface area contributed by atoms with Gasteiger partial charge in [-0.2, -0.15) is 0 Å². The molecule has 0 radical (unpaired) electrons. The molecule has 0 bridgehead atoms. The number of para-hydroxylation sites is 1. The molecule has 4 heteroatoms. The molecule has 4 rings (SSSR count). The molecule has 0 saturated carbocycles. The van der Waals surface area contributed by atoms with E-state index >= 15 is 0 Å². The van der Waals surface area contributed by atoms with Crippen LogP contribution < -0.4 is 14.8 Å². The van der Waals surface area contributed by atoms with Crippen LogP contribution in [0.4, 0.5) is 5.69 Å². The van der Waals surface area contributed by atoms with E-state index < -0.39 is 0 Å². The number of nitrogens with one attached hydrogen (secondary N) is 1. The van der Waals surface area contributed by atoms with Crippen LogP contribution in [0, 0.1) is 0 Å². The number of carbonyl (C=O) groups is 1. The van der Waals surface area contributed by atoms with Gasteiger partial charge in [-0.05, 0) is 48.5 Å². The van der Waals surface area contributed by atoms with Gasteiger partial charge >= 0.3 is 0 Å². The van der Waals surface area contributed by atoms with E-state index in [2.05, 4.69) is 5.32 Å². The summed E-state index contributed by atoms with van der Waals surface area (Å²) in [5, 5.41) is 4.87. The second-order valence-electron chi connectivity index (χ2n) is 6.25. The fraction of sp³-hybridized carbons (Fsp3) is 0.0417. The van der Waals surface area contributed by atoms with Gasteiger partial charge in [0.2, 0.25) is 0 Å². The molecule has 4 aromatic rings. The largest absolute Gasteiger partial charge is 0.496 e. The molecular formula is C24H19NO3. The molecule has 0 saturated heterocycles. The maximum Gasteiger partial charge on any atom is 0.255 e. The quantitative estimate of drug-likeness (QED) is 0.477. The first-order valence-corrected chi connectivity index (χ1v) is 8.94. The van der Waals surface area contributed by atoms with Gasteiger partial charge in [-0.1, -0.05) is 42.5 Å². The first-order valence-electron chi connectivity index (χ1n) is 8.94. The van der Waals surface area contributed by atoms with E-state index in [4.69, 9.17) is 9.47 Å². The number of rotatable bonds is 5. The predicted molar refractivity (Wildman–Crippen MR) is 111 cm³/mol. The molecule has 0 atom stereocenters. The van der Waals surface area contributed by atoms with Crippen molar-refractivity contribution in [2.45, 2.75) is 0 Å². The summed E-state index contributed by atoms with van der Waals surface area (Å²) in [5.74, 6) is 2.03. The molecule has 1 N–H and O–H groups in total. The van der Waals surface area contributed by atoms with Gasteiger partial charge in [0.05, 0.1) is 7.11 Å². The average Bonchev–Trinajstić information content (AvgIpc) is 2.75. The van der Waals surface area contributed by atoms with Gasteiger partial charge in [-0.25, -0.2) is 0 Å². The van der Waals surface area contributed by atoms with Gasteiger partial charge < -0.3 is 14.8 Å². The number of hydrogen-bond acceptors (Lipinski definition) is 3. The van der Waals surface area contributed by atoms with Crippen molar-refractivity contribution < 1.29 is 14.3 Å². The van der Waals surface area contributed by atoms with E-state index in [9.17, 15) is 4.79 Å². The minimum atomic E-state index is -0.179. The first-order chi connectivity index (χ1) is 13.7. The zero-order valence-corrected chi connectivity index (χ0v) is 15.4. The van der Waals surface area contributed by atoms with Crippen molar-refractivity contribution in [1.82, 2.24) is 0 Å². The van der Waals surface area contributed by atoms with E-state index in [0.29, 0.717) is 11.3 Å². The van der Waals surface area contributed by atoms with Crippen molar-refractivity contribution in [3.8, 4) is 17.2 Å². The zero-order chi connectivity index (χ0) is 19.3. The molecule has 1 amide bonds. The molecule has 0 aliphatic heterocycles. The minimum absolute atomic E-state index is 0.179. The maximum atomic E-state index is 12.7. The molecule has 4 aromatic carbocycles. The second-order valence-corrected chi connectivity index (χ2v) is 6.25. The zero-order valence-electron chi connectivity index (χ0n) is 15.4. The highest BCUT2D eigenvalue weighted by atomic mass is 16.5. The highest BCUT2D eigenvalue weighted by Crippen LogP contribution is 2.31. The summed E-state index contributed by atoms with van der Waals surface area (Å²) in [6.45, 7) is 0. The Kier molecular flexibility index (Phi) is 4.93. The predicted octanol–water partition coefficient (Wildman–Crippen LogP) is 5.89. The average molecular weight is 369 g/mol. The summed E-state index contributed by atoms with van der Waals surface area (Å²) in [4.78, 5) is 12.7. The normalized spacial score (nSPS) is 10.5. The molecule has 28 heavy (non-hydrogen) atoms. The molecule has 4 nitrogen and oxygen atoms in total. The first kappa shape index (κ1) is 17.6. The molecule has 0 unspecified atom stereocenters. The van der Waals surface area contributed by atoms with E-state index in [1.165, 1.54) is 0 Å². The van der Waals surface area contributed by atoms with E-state index in [1.54, 1.807) is 31.4 Å². The van der Waals surface area contributed by atoms with E-state index in [0.717, 1.165) is 28.0 Å². The van der Waals surface area contributed by atoms with Crippen LogP contribution in [0.2, 0.25) is 0 Å². The standard InChI is InChI=1S/C24H19NO3/c1-27-23-16-15-22(20-9-5-6-10-21(20)23)25-24(26)17-11-13-19(14-12-17)28-18-7-3-2-4-8-18/h2-16H,1H3,(H,25,26). The van der Waals surface area contributed by atoms with Crippen molar-refractivity contribution in [2.24, 2.45) is 0 Å². The molecule has 0 heterocycles. The van der Waals surface area contributed by atoms with E-state index in [-0.39, 0.29) is 5.91 Å². The lowest BCUT2D eigenvalue weighted by atomic mass is 10.1. The van der Waals surface area contributed by atoms with Crippen LogP contribution in [0.1, 0.15) is 10.4 Å². The van der Waals surface area contributed by atoms with Crippen molar-refractivity contribution >= 4 is 22.4 Å². The summed E-state index contributed by atoms with van der Waals surface area (Å²) in [7, 11) is 1.64. The number of ether oxygens (including phenoxy) is 2. The van der Waals surface area contributed by atoms with Crippen molar-refractivity contribution in [3.05, 3.63) is 96.6 Å². The number of hydrogen-bond donors (Lipinski definition) is 1. The van der Waals surface area contributed by atoms with Crippen LogP contribution in [0.5, 0.6) is 17.2 Å². The number of anilines is 1. The van der Waals surface area contributed by atoms with Crippen LogP contribution >= 0.6 is 0 Å². The molecular weight excluding hydrogens is 350 g/mol. The smallest absolute Gasteiger partial charge is 0.255 e. The van der Waals surface area contributed by atoms with Gasteiger partial charge in [0.1, 0.15) is 17.2 Å². The summed E-state index contributed by atoms with van der Waals surface area (Å²) >= 11 is 0. The summed E-state index contributed by atoms with van der Waals surface area (Å²) in [6.07, 6.45) is 0. The second kappa shape index (κ2) is 7.84. The summed E-state index contributed by atoms with van der Waals surface area (Å²) in [5.41, 5.74) is 1.30. The highest BCUT2D eigenvalue weighted by Gasteiger charge is 2.11. The molecule has 0 fully saturated rings. The van der Waals surface area contributed by atoms with Crippen LogP contribution in [0.3, 0.4) is 0 Å². The number of benzene rings is 4. The van der Waals surface area contributed by atoms with Gasteiger partial charge in [0.15, 0.2) is 0 Å². The third kappa shape index (κ3) is 3.67. The van der Waals surface area contributed by atoms with Crippen LogP contribution in [0.25, 0.3) is 10.8 Å². The van der Waals surface area contributed by atoms with Gasteiger partial charge in [0, 0.05) is 22.0 Å². The van der Waals surface area contributed by atoms with Crippen molar-refractivity contribution in [2.75, 3.05) is 12.4 Å². The highest BCUT2D eigenvalue weighted by molar-refractivity contribution is 6.10. The lowest BCUT2D eigenvalue weighted by Crippen LogP contribution is -2.12. The Hall–Kier alpha value is -3.79. The van der Waals surface area contributed by atoms with Gasteiger partial charge in [-0.3, -0.25) is 4.79 Å².